The highest BCUT2D eigenvalue weighted by Crippen LogP contribution is 2.26. The van der Waals surface area contributed by atoms with Crippen molar-refractivity contribution in [2.75, 3.05) is 19.6 Å². The molecule has 0 aromatic carbocycles. The topological polar surface area (TPSA) is 78.4 Å². The van der Waals surface area contributed by atoms with Crippen LogP contribution >= 0.6 is 27.3 Å². The van der Waals surface area contributed by atoms with E-state index in [-0.39, 0.29) is 4.21 Å². The predicted octanol–water partition coefficient (Wildman–Crippen LogP) is 0.759. The van der Waals surface area contributed by atoms with Gasteiger partial charge < -0.3 is 10.4 Å². The molecule has 0 aliphatic heterocycles. The van der Waals surface area contributed by atoms with E-state index in [0.717, 1.165) is 0 Å². The summed E-state index contributed by atoms with van der Waals surface area (Å²) in [5.74, 6) is 0. The summed E-state index contributed by atoms with van der Waals surface area (Å²) in [6.45, 7) is 2.89. The van der Waals surface area contributed by atoms with Crippen LogP contribution in [-0.4, -0.2) is 39.3 Å². The Bertz CT molecular complexity index is 445. The molecule has 1 heterocycles. The van der Waals surface area contributed by atoms with Gasteiger partial charge in [-0.15, -0.1) is 11.3 Å². The normalized spacial score (nSPS) is 13.8. The fourth-order valence-corrected chi connectivity index (χ4v) is 4.53. The van der Waals surface area contributed by atoms with Gasteiger partial charge in [0, 0.05) is 24.1 Å². The molecule has 0 spiro atoms. The highest BCUT2D eigenvalue weighted by molar-refractivity contribution is 9.10. The molecular weight excluding hydrogens is 328 g/mol. The number of rotatable bonds is 7. The van der Waals surface area contributed by atoms with Crippen molar-refractivity contribution in [1.29, 1.82) is 0 Å². The highest BCUT2D eigenvalue weighted by atomic mass is 79.9. The van der Waals surface area contributed by atoms with Crippen molar-refractivity contribution >= 4 is 37.3 Å². The molecule has 0 saturated heterocycles. The number of hydrogen-bond acceptors (Lipinski definition) is 5. The number of aliphatic hydroxyl groups is 1. The van der Waals surface area contributed by atoms with Crippen molar-refractivity contribution in [3.63, 3.8) is 0 Å². The molecule has 1 aromatic rings. The fraction of sp³-hybridized carbons (Fsp3) is 0.556. The molecule has 0 amide bonds. The Morgan fingerprint density at radius 3 is 2.76 bits per heavy atom. The van der Waals surface area contributed by atoms with E-state index in [4.69, 9.17) is 5.11 Å². The van der Waals surface area contributed by atoms with Crippen LogP contribution in [0.2, 0.25) is 0 Å². The van der Waals surface area contributed by atoms with Crippen LogP contribution in [0, 0.1) is 0 Å². The third-order valence-corrected chi connectivity index (χ3v) is 5.99. The Hall–Kier alpha value is 0.01000. The molecule has 0 fully saturated rings. The summed E-state index contributed by atoms with van der Waals surface area (Å²) in [6, 6.07) is 1.70. The Morgan fingerprint density at radius 1 is 1.53 bits per heavy atom. The van der Waals surface area contributed by atoms with Crippen LogP contribution in [0.5, 0.6) is 0 Å². The molecule has 1 rings (SSSR count). The summed E-state index contributed by atoms with van der Waals surface area (Å²) < 4.78 is 27.0. The van der Waals surface area contributed by atoms with Crippen molar-refractivity contribution in [3.8, 4) is 0 Å². The lowest BCUT2D eigenvalue weighted by Crippen LogP contribution is -2.34. The van der Waals surface area contributed by atoms with Gasteiger partial charge in [-0.25, -0.2) is 13.1 Å². The van der Waals surface area contributed by atoms with Crippen LogP contribution in [-0.2, 0) is 10.0 Å². The smallest absolute Gasteiger partial charge is 0.251 e. The molecular formula is C9H15BrN2O3S2. The molecule has 98 valence electrons. The summed E-state index contributed by atoms with van der Waals surface area (Å²) in [7, 11) is -3.43. The molecule has 0 saturated carbocycles. The average Bonchev–Trinajstić information content (AvgIpc) is 2.64. The third-order valence-electron chi connectivity index (χ3n) is 1.86. The zero-order chi connectivity index (χ0) is 12.9. The van der Waals surface area contributed by atoms with Crippen LogP contribution < -0.4 is 10.0 Å². The lowest BCUT2D eigenvalue weighted by atomic mass is 10.4. The van der Waals surface area contributed by atoms with E-state index in [2.05, 4.69) is 26.0 Å². The maximum absolute atomic E-state index is 11.8. The van der Waals surface area contributed by atoms with Crippen molar-refractivity contribution < 1.29 is 13.5 Å². The summed E-state index contributed by atoms with van der Waals surface area (Å²) in [5.41, 5.74) is 0. The first-order valence-corrected chi connectivity index (χ1v) is 8.20. The standard InChI is InChI=1S/C9H15BrN2O3S2/c1-7(13)6-11-3-4-12-17(14,15)9-8(10)2-5-16-9/h2,5,7,11-13H,3-4,6H2,1H3. The van der Waals surface area contributed by atoms with Gasteiger partial charge >= 0.3 is 0 Å². The predicted molar refractivity (Wildman–Crippen MR) is 71.8 cm³/mol. The number of nitrogens with one attached hydrogen (secondary N) is 2. The van der Waals surface area contributed by atoms with Crippen molar-refractivity contribution in [3.05, 3.63) is 15.9 Å². The number of hydrogen-bond donors (Lipinski definition) is 3. The first-order valence-electron chi connectivity index (χ1n) is 5.05. The Balaban J connectivity index is 2.39. The lowest BCUT2D eigenvalue weighted by molar-refractivity contribution is 0.192. The fourth-order valence-electron chi connectivity index (χ4n) is 1.12. The molecule has 0 bridgehead atoms. The zero-order valence-corrected chi connectivity index (χ0v) is 12.5. The van der Waals surface area contributed by atoms with Crippen LogP contribution in [0.4, 0.5) is 0 Å². The summed E-state index contributed by atoms with van der Waals surface area (Å²) >= 11 is 4.35. The molecule has 0 radical (unpaired) electrons. The molecule has 1 aromatic heterocycles. The number of halogens is 1. The van der Waals surface area contributed by atoms with E-state index < -0.39 is 16.1 Å². The second-order valence-corrected chi connectivity index (χ2v) is 7.24. The molecule has 1 atom stereocenters. The maximum Gasteiger partial charge on any atom is 0.251 e. The van der Waals surface area contributed by atoms with Crippen LogP contribution in [0.25, 0.3) is 0 Å². The third kappa shape index (κ3) is 5.02. The molecule has 5 nitrogen and oxygen atoms in total. The Morgan fingerprint density at radius 2 is 2.24 bits per heavy atom. The SMILES string of the molecule is CC(O)CNCCNS(=O)(=O)c1sccc1Br. The largest absolute Gasteiger partial charge is 0.392 e. The summed E-state index contributed by atoms with van der Waals surface area (Å²) in [4.78, 5) is 0. The Labute approximate surface area is 113 Å². The van der Waals surface area contributed by atoms with Gasteiger partial charge in [-0.05, 0) is 34.3 Å². The van der Waals surface area contributed by atoms with Gasteiger partial charge in [0.25, 0.3) is 10.0 Å². The van der Waals surface area contributed by atoms with Crippen LogP contribution in [0.1, 0.15) is 6.92 Å². The average molecular weight is 343 g/mol. The maximum atomic E-state index is 11.8. The van der Waals surface area contributed by atoms with Gasteiger partial charge in [0.15, 0.2) is 0 Å². The first kappa shape index (κ1) is 15.1. The zero-order valence-electron chi connectivity index (χ0n) is 9.31. The monoisotopic (exact) mass is 342 g/mol. The minimum Gasteiger partial charge on any atom is -0.392 e. The summed E-state index contributed by atoms with van der Waals surface area (Å²) in [6.07, 6.45) is -0.432. The number of aliphatic hydroxyl groups excluding tert-OH is 1. The van der Waals surface area contributed by atoms with Crippen LogP contribution in [0.15, 0.2) is 20.1 Å². The molecule has 8 heteroatoms. The van der Waals surface area contributed by atoms with E-state index in [1.165, 1.54) is 11.3 Å². The van der Waals surface area contributed by atoms with Gasteiger partial charge in [-0.1, -0.05) is 0 Å². The van der Waals surface area contributed by atoms with E-state index >= 15 is 0 Å². The van der Waals surface area contributed by atoms with Crippen molar-refractivity contribution in [1.82, 2.24) is 10.0 Å². The highest BCUT2D eigenvalue weighted by Gasteiger charge is 2.18. The number of thiophene rings is 1. The second-order valence-electron chi connectivity index (χ2n) is 3.51. The minimum atomic E-state index is -3.43. The molecule has 0 aliphatic rings. The van der Waals surface area contributed by atoms with E-state index in [0.29, 0.717) is 24.1 Å². The molecule has 3 N–H and O–H groups in total. The molecule has 1 unspecified atom stereocenters. The first-order chi connectivity index (χ1) is 7.93. The van der Waals surface area contributed by atoms with Gasteiger partial charge in [-0.2, -0.15) is 0 Å². The molecule has 17 heavy (non-hydrogen) atoms. The van der Waals surface area contributed by atoms with Crippen molar-refractivity contribution in [2.45, 2.75) is 17.2 Å². The summed E-state index contributed by atoms with van der Waals surface area (Å²) in [5, 5.41) is 13.6. The van der Waals surface area contributed by atoms with Gasteiger partial charge in [-0.3, -0.25) is 0 Å². The number of sulfonamides is 1. The lowest BCUT2D eigenvalue weighted by Gasteiger charge is -2.08. The minimum absolute atomic E-state index is 0.285. The van der Waals surface area contributed by atoms with E-state index in [1.807, 2.05) is 0 Å². The van der Waals surface area contributed by atoms with Crippen molar-refractivity contribution in [2.24, 2.45) is 0 Å². The van der Waals surface area contributed by atoms with Gasteiger partial charge in [0.2, 0.25) is 0 Å². The van der Waals surface area contributed by atoms with Gasteiger partial charge in [0.1, 0.15) is 4.21 Å². The quantitative estimate of drug-likeness (QED) is 0.639. The van der Waals surface area contributed by atoms with E-state index in [1.54, 1.807) is 18.4 Å². The van der Waals surface area contributed by atoms with Crippen LogP contribution in [0.3, 0.4) is 0 Å². The van der Waals surface area contributed by atoms with E-state index in [9.17, 15) is 8.42 Å². The van der Waals surface area contributed by atoms with Gasteiger partial charge in [0.05, 0.1) is 6.10 Å². The second kappa shape index (κ2) is 6.81. The Kier molecular flexibility index (Phi) is 6.04. The molecule has 0 aliphatic carbocycles.